The Morgan fingerprint density at radius 3 is 2.73 bits per heavy atom. The van der Waals surface area contributed by atoms with Crippen LogP contribution >= 0.6 is 11.3 Å². The number of methoxy groups -OCH3 is 2. The molecule has 10 nitrogen and oxygen atoms in total. The van der Waals surface area contributed by atoms with Gasteiger partial charge in [0.2, 0.25) is 5.88 Å². The maximum atomic E-state index is 6.21. The van der Waals surface area contributed by atoms with Gasteiger partial charge in [-0.15, -0.1) is 11.3 Å². The van der Waals surface area contributed by atoms with Gasteiger partial charge in [-0.3, -0.25) is 0 Å². The van der Waals surface area contributed by atoms with E-state index < -0.39 is 0 Å². The highest BCUT2D eigenvalue weighted by Crippen LogP contribution is 2.38. The van der Waals surface area contributed by atoms with E-state index in [-0.39, 0.29) is 12.1 Å². The van der Waals surface area contributed by atoms with E-state index in [0.717, 1.165) is 48.2 Å². The van der Waals surface area contributed by atoms with Crippen molar-refractivity contribution in [2.75, 3.05) is 58.5 Å². The number of anilines is 1. The highest BCUT2D eigenvalue weighted by Gasteiger charge is 2.27. The summed E-state index contributed by atoms with van der Waals surface area (Å²) in [6.45, 7) is 5.96. The molecular weight excluding hydrogens is 442 g/mol. The average Bonchev–Trinajstić information content (AvgIpc) is 3.51. The van der Waals surface area contributed by atoms with Crippen molar-refractivity contribution in [1.29, 1.82) is 0 Å². The Balaban J connectivity index is 1.29. The third kappa shape index (κ3) is 4.85. The predicted octanol–water partition coefficient (Wildman–Crippen LogP) is 2.64. The second-order valence-corrected chi connectivity index (χ2v) is 9.28. The fraction of sp³-hybridized carbons (Fsp3) is 0.591. The van der Waals surface area contributed by atoms with Crippen LogP contribution in [0.1, 0.15) is 25.7 Å². The summed E-state index contributed by atoms with van der Waals surface area (Å²) < 4.78 is 17.7. The molecule has 1 unspecified atom stereocenters. The van der Waals surface area contributed by atoms with E-state index >= 15 is 0 Å². The molecule has 2 aliphatic rings. The highest BCUT2D eigenvalue weighted by molar-refractivity contribution is 7.22. The zero-order chi connectivity index (χ0) is 22.6. The Morgan fingerprint density at radius 1 is 1.03 bits per heavy atom. The van der Waals surface area contributed by atoms with Gasteiger partial charge in [0, 0.05) is 25.8 Å². The maximum Gasteiger partial charge on any atom is 0.319 e. The maximum absolute atomic E-state index is 6.21. The first kappa shape index (κ1) is 22.2. The first-order valence-corrected chi connectivity index (χ1v) is 12.2. The van der Waals surface area contributed by atoms with Gasteiger partial charge in [-0.2, -0.15) is 4.98 Å². The van der Waals surface area contributed by atoms with E-state index in [2.05, 4.69) is 29.7 Å². The number of rotatable bonds is 8. The molecule has 2 fully saturated rings. The minimum atomic E-state index is 0.224. The number of ether oxygens (including phenoxy) is 3. The zero-order valence-corrected chi connectivity index (χ0v) is 19.9. The topological polar surface area (TPSA) is 98.6 Å². The van der Waals surface area contributed by atoms with Crippen molar-refractivity contribution >= 4 is 27.5 Å². The molecule has 0 aliphatic carbocycles. The van der Waals surface area contributed by atoms with Crippen LogP contribution in [0.15, 0.2) is 12.5 Å². The van der Waals surface area contributed by atoms with E-state index in [4.69, 9.17) is 19.2 Å². The summed E-state index contributed by atoms with van der Waals surface area (Å²) in [4.78, 5) is 27.0. The Kier molecular flexibility index (Phi) is 6.79. The molecule has 2 aliphatic heterocycles. The van der Waals surface area contributed by atoms with Crippen molar-refractivity contribution in [2.24, 2.45) is 0 Å². The largest absolute Gasteiger partial charge is 0.480 e. The van der Waals surface area contributed by atoms with Crippen LogP contribution in [0.25, 0.3) is 20.9 Å². The van der Waals surface area contributed by atoms with Crippen molar-refractivity contribution in [3.63, 3.8) is 0 Å². The SMILES string of the molecule is COc1ncc(-c2nc3ncnc(N4CCC(OCCN5CCCCC5)C4)c3s2)c(OC)n1. The van der Waals surface area contributed by atoms with Gasteiger partial charge in [-0.1, -0.05) is 6.42 Å². The summed E-state index contributed by atoms with van der Waals surface area (Å²) in [6.07, 6.45) is 8.45. The molecule has 0 saturated carbocycles. The van der Waals surface area contributed by atoms with Crippen LogP contribution in [-0.2, 0) is 4.74 Å². The van der Waals surface area contributed by atoms with Crippen LogP contribution in [0.4, 0.5) is 5.82 Å². The van der Waals surface area contributed by atoms with Crippen LogP contribution in [0.3, 0.4) is 0 Å². The smallest absolute Gasteiger partial charge is 0.319 e. The predicted molar refractivity (Wildman–Crippen MR) is 126 cm³/mol. The summed E-state index contributed by atoms with van der Waals surface area (Å²) in [5.74, 6) is 1.32. The summed E-state index contributed by atoms with van der Waals surface area (Å²) in [5.41, 5.74) is 1.36. The molecule has 0 spiro atoms. The zero-order valence-electron chi connectivity index (χ0n) is 19.1. The molecule has 0 N–H and O–H groups in total. The first-order chi connectivity index (χ1) is 16.2. The number of piperidine rings is 1. The monoisotopic (exact) mass is 471 g/mol. The molecule has 3 aromatic heterocycles. The number of aromatic nitrogens is 5. The van der Waals surface area contributed by atoms with Crippen molar-refractivity contribution in [1.82, 2.24) is 29.8 Å². The highest BCUT2D eigenvalue weighted by atomic mass is 32.1. The normalized spacial score (nSPS) is 19.3. The van der Waals surface area contributed by atoms with Crippen LogP contribution in [0.2, 0.25) is 0 Å². The van der Waals surface area contributed by atoms with E-state index in [9.17, 15) is 0 Å². The van der Waals surface area contributed by atoms with Gasteiger partial charge in [-0.05, 0) is 32.4 Å². The molecule has 3 aromatic rings. The van der Waals surface area contributed by atoms with Gasteiger partial charge in [-0.25, -0.2) is 19.9 Å². The van der Waals surface area contributed by atoms with Crippen molar-refractivity contribution in [2.45, 2.75) is 31.8 Å². The minimum absolute atomic E-state index is 0.224. The van der Waals surface area contributed by atoms with E-state index in [0.29, 0.717) is 17.1 Å². The molecule has 0 bridgehead atoms. The number of fused-ring (bicyclic) bond motifs is 1. The second-order valence-electron chi connectivity index (χ2n) is 8.28. The van der Waals surface area contributed by atoms with Gasteiger partial charge >= 0.3 is 6.01 Å². The summed E-state index contributed by atoms with van der Waals surface area (Å²) in [7, 11) is 3.09. The van der Waals surface area contributed by atoms with Gasteiger partial charge in [0.1, 0.15) is 16.0 Å². The molecule has 0 aromatic carbocycles. The van der Waals surface area contributed by atoms with E-state index in [1.165, 1.54) is 50.8 Å². The van der Waals surface area contributed by atoms with Crippen LogP contribution in [-0.4, -0.2) is 89.5 Å². The van der Waals surface area contributed by atoms with Crippen LogP contribution in [0, 0.1) is 0 Å². The molecule has 11 heteroatoms. The minimum Gasteiger partial charge on any atom is -0.480 e. The van der Waals surface area contributed by atoms with Gasteiger partial charge in [0.15, 0.2) is 11.5 Å². The molecule has 5 heterocycles. The summed E-state index contributed by atoms with van der Waals surface area (Å²) in [5, 5.41) is 0.736. The molecule has 0 amide bonds. The lowest BCUT2D eigenvalue weighted by atomic mass is 10.1. The van der Waals surface area contributed by atoms with Crippen LogP contribution < -0.4 is 14.4 Å². The average molecular weight is 472 g/mol. The lowest BCUT2D eigenvalue weighted by Gasteiger charge is -2.26. The number of hydrogen-bond donors (Lipinski definition) is 0. The summed E-state index contributed by atoms with van der Waals surface area (Å²) in [6, 6.07) is 0.251. The molecule has 0 radical (unpaired) electrons. The third-order valence-electron chi connectivity index (χ3n) is 6.16. The molecule has 2 saturated heterocycles. The van der Waals surface area contributed by atoms with Crippen molar-refractivity contribution in [3.05, 3.63) is 12.5 Å². The quantitative estimate of drug-likeness (QED) is 0.487. The third-order valence-corrected chi connectivity index (χ3v) is 7.24. The number of nitrogens with zero attached hydrogens (tertiary/aromatic N) is 7. The van der Waals surface area contributed by atoms with E-state index in [1.807, 2.05) is 0 Å². The lowest BCUT2D eigenvalue weighted by molar-refractivity contribution is 0.0467. The Morgan fingerprint density at radius 2 is 1.91 bits per heavy atom. The molecule has 33 heavy (non-hydrogen) atoms. The number of thiazole rings is 1. The number of hydrogen-bond acceptors (Lipinski definition) is 11. The molecule has 176 valence electrons. The number of likely N-dealkylation sites (tertiary alicyclic amines) is 1. The lowest BCUT2D eigenvalue weighted by Crippen LogP contribution is -2.34. The Bertz CT molecular complexity index is 1090. The second kappa shape index (κ2) is 10.1. The van der Waals surface area contributed by atoms with E-state index in [1.54, 1.807) is 19.6 Å². The molecular formula is C22H29N7O3S. The molecule has 5 rings (SSSR count). The Hall–Kier alpha value is -2.63. The van der Waals surface area contributed by atoms with Crippen LogP contribution in [0.5, 0.6) is 11.9 Å². The Labute approximate surface area is 197 Å². The van der Waals surface area contributed by atoms with Gasteiger partial charge in [0.05, 0.1) is 32.5 Å². The van der Waals surface area contributed by atoms with Crippen molar-refractivity contribution < 1.29 is 14.2 Å². The van der Waals surface area contributed by atoms with Crippen molar-refractivity contribution in [3.8, 4) is 22.5 Å². The van der Waals surface area contributed by atoms with Gasteiger partial charge in [0.25, 0.3) is 0 Å². The standard InChI is InChI=1S/C22H29N7O3S/c1-30-20-16(12-23-22(27-20)31-2)21-26-18-17(33-21)19(25-14-24-18)29-9-6-15(13-29)32-11-10-28-7-4-3-5-8-28/h12,14-15H,3-11,13H2,1-2H3. The fourth-order valence-corrected chi connectivity index (χ4v) is 5.46. The fourth-order valence-electron chi connectivity index (χ4n) is 4.42. The molecule has 1 atom stereocenters. The first-order valence-electron chi connectivity index (χ1n) is 11.4. The van der Waals surface area contributed by atoms with Gasteiger partial charge < -0.3 is 24.0 Å². The summed E-state index contributed by atoms with van der Waals surface area (Å²) >= 11 is 1.52.